The van der Waals surface area contributed by atoms with Crippen LogP contribution in [0.2, 0.25) is 0 Å². The Labute approximate surface area is 177 Å². The summed E-state index contributed by atoms with van der Waals surface area (Å²) in [6.07, 6.45) is 1.33. The summed E-state index contributed by atoms with van der Waals surface area (Å²) in [7, 11) is -4.01. The molecule has 1 amide bonds. The fourth-order valence-electron chi connectivity index (χ4n) is 2.36. The van der Waals surface area contributed by atoms with Crippen LogP contribution >= 0.6 is 11.3 Å². The van der Waals surface area contributed by atoms with E-state index in [-0.39, 0.29) is 21.3 Å². The molecule has 0 aliphatic rings. The van der Waals surface area contributed by atoms with Crippen molar-refractivity contribution in [2.24, 2.45) is 0 Å². The number of hydrogen-bond acceptors (Lipinski definition) is 8. The molecule has 0 aliphatic carbocycles. The van der Waals surface area contributed by atoms with Crippen molar-refractivity contribution in [3.63, 3.8) is 0 Å². The van der Waals surface area contributed by atoms with E-state index in [0.717, 1.165) is 5.56 Å². The lowest BCUT2D eigenvalue weighted by atomic mass is 10.1. The second-order valence-electron chi connectivity index (χ2n) is 6.17. The zero-order valence-corrected chi connectivity index (χ0v) is 17.6. The molecule has 0 bridgehead atoms. The minimum absolute atomic E-state index is 0.0264. The van der Waals surface area contributed by atoms with Crippen LogP contribution in [0.25, 0.3) is 6.08 Å². The van der Waals surface area contributed by atoms with Gasteiger partial charge in [-0.25, -0.2) is 0 Å². The zero-order chi connectivity index (χ0) is 21.7. The van der Waals surface area contributed by atoms with Crippen molar-refractivity contribution < 1.29 is 17.4 Å². The Kier molecular flexibility index (Phi) is 6.25. The summed E-state index contributed by atoms with van der Waals surface area (Å²) >= 11 is 1.18. The molecule has 3 aromatic rings. The molecule has 3 rings (SSSR count). The first-order valence-corrected chi connectivity index (χ1v) is 10.8. The Hall–Kier alpha value is -3.55. The molecule has 8 nitrogen and oxygen atoms in total. The number of anilines is 1. The van der Waals surface area contributed by atoms with E-state index >= 15 is 0 Å². The van der Waals surface area contributed by atoms with Gasteiger partial charge in [-0.15, -0.1) is 10.2 Å². The number of amides is 1. The predicted octanol–water partition coefficient (Wildman–Crippen LogP) is 3.47. The Bertz CT molecular complexity index is 1260. The number of rotatable bonds is 6. The number of nitrogens with one attached hydrogen (secondary N) is 1. The number of benzene rings is 2. The molecule has 1 heterocycles. The molecule has 0 unspecified atom stereocenters. The molecule has 1 N–H and O–H groups in total. The van der Waals surface area contributed by atoms with Gasteiger partial charge in [0.25, 0.3) is 5.91 Å². The van der Waals surface area contributed by atoms with Crippen LogP contribution in [0, 0.1) is 25.2 Å². The SMILES string of the molecule is Cc1ccc(S(=O)(=O)Oc2cccc(/C=C(\C#N)C(=O)Nc3nnc(C)s3)c2)cc1. The Morgan fingerprint density at radius 2 is 1.90 bits per heavy atom. The van der Waals surface area contributed by atoms with Gasteiger partial charge in [0, 0.05) is 0 Å². The number of carbonyl (C=O) groups is 1. The quantitative estimate of drug-likeness (QED) is 0.354. The lowest BCUT2D eigenvalue weighted by Gasteiger charge is -2.08. The highest BCUT2D eigenvalue weighted by Gasteiger charge is 2.17. The first kappa shape index (κ1) is 21.2. The van der Waals surface area contributed by atoms with Crippen LogP contribution in [-0.2, 0) is 14.9 Å². The van der Waals surface area contributed by atoms with Crippen LogP contribution in [0.1, 0.15) is 16.1 Å². The normalized spacial score (nSPS) is 11.6. The average molecular weight is 441 g/mol. The number of aryl methyl sites for hydroxylation is 2. The molecular weight excluding hydrogens is 424 g/mol. The van der Waals surface area contributed by atoms with Crippen LogP contribution in [0.4, 0.5) is 5.13 Å². The lowest BCUT2D eigenvalue weighted by molar-refractivity contribution is -0.112. The second-order valence-corrected chi connectivity index (χ2v) is 8.90. The van der Waals surface area contributed by atoms with Crippen molar-refractivity contribution in [2.75, 3.05) is 5.32 Å². The van der Waals surface area contributed by atoms with Gasteiger partial charge >= 0.3 is 10.1 Å². The number of aromatic nitrogens is 2. The summed E-state index contributed by atoms with van der Waals surface area (Å²) in [6.45, 7) is 3.59. The Morgan fingerprint density at radius 3 is 2.53 bits per heavy atom. The fraction of sp³-hybridized carbons (Fsp3) is 0.100. The van der Waals surface area contributed by atoms with Crippen molar-refractivity contribution in [1.82, 2.24) is 10.2 Å². The zero-order valence-electron chi connectivity index (χ0n) is 16.0. The molecule has 0 atom stereocenters. The third-order valence-electron chi connectivity index (χ3n) is 3.80. The largest absolute Gasteiger partial charge is 0.379 e. The third-order valence-corrected chi connectivity index (χ3v) is 5.81. The summed E-state index contributed by atoms with van der Waals surface area (Å²) < 4.78 is 30.1. The molecule has 0 fully saturated rings. The van der Waals surface area contributed by atoms with Gasteiger partial charge in [0.1, 0.15) is 27.3 Å². The first-order chi connectivity index (χ1) is 14.3. The molecule has 30 heavy (non-hydrogen) atoms. The summed E-state index contributed by atoms with van der Waals surface area (Å²) in [5.74, 6) is -0.589. The van der Waals surface area contributed by atoms with E-state index in [2.05, 4.69) is 15.5 Å². The smallest absolute Gasteiger partial charge is 0.339 e. The standard InChI is InChI=1S/C20H16N4O4S2/c1-13-6-8-18(9-7-13)30(26,27)28-17-5-3-4-15(11-17)10-16(12-21)19(25)22-20-24-23-14(2)29-20/h3-11H,1-2H3,(H,22,24,25)/b16-10+. The monoisotopic (exact) mass is 440 g/mol. The van der Waals surface area contributed by atoms with Gasteiger partial charge in [-0.3, -0.25) is 10.1 Å². The summed E-state index contributed by atoms with van der Waals surface area (Å²) in [6, 6.07) is 14.2. The topological polar surface area (TPSA) is 122 Å². The molecule has 152 valence electrons. The van der Waals surface area contributed by atoms with Crippen molar-refractivity contribution in [1.29, 1.82) is 5.26 Å². The van der Waals surface area contributed by atoms with E-state index in [1.165, 1.54) is 41.7 Å². The van der Waals surface area contributed by atoms with Gasteiger partial charge in [0.2, 0.25) is 5.13 Å². The Balaban J connectivity index is 1.80. The number of nitriles is 1. The van der Waals surface area contributed by atoms with E-state index in [1.54, 1.807) is 31.2 Å². The lowest BCUT2D eigenvalue weighted by Crippen LogP contribution is -2.13. The van der Waals surface area contributed by atoms with E-state index in [0.29, 0.717) is 10.6 Å². The summed E-state index contributed by atoms with van der Waals surface area (Å²) in [5, 5.41) is 20.4. The van der Waals surface area contributed by atoms with Gasteiger partial charge in [-0.05, 0) is 49.8 Å². The van der Waals surface area contributed by atoms with Gasteiger partial charge in [-0.1, -0.05) is 41.2 Å². The maximum atomic E-state index is 12.5. The maximum Gasteiger partial charge on any atom is 0.339 e. The van der Waals surface area contributed by atoms with Crippen LogP contribution in [-0.4, -0.2) is 24.5 Å². The van der Waals surface area contributed by atoms with Gasteiger partial charge in [0.05, 0.1) is 0 Å². The highest BCUT2D eigenvalue weighted by Crippen LogP contribution is 2.22. The number of carbonyl (C=O) groups excluding carboxylic acids is 1. The van der Waals surface area contributed by atoms with Crippen molar-refractivity contribution in [3.8, 4) is 11.8 Å². The minimum atomic E-state index is -4.01. The van der Waals surface area contributed by atoms with Crippen LogP contribution in [0.3, 0.4) is 0 Å². The molecule has 0 spiro atoms. The van der Waals surface area contributed by atoms with E-state index in [4.69, 9.17) is 4.18 Å². The fourth-order valence-corrected chi connectivity index (χ4v) is 3.87. The maximum absolute atomic E-state index is 12.5. The molecule has 0 radical (unpaired) electrons. The molecule has 0 saturated carbocycles. The molecule has 0 saturated heterocycles. The van der Waals surface area contributed by atoms with Crippen LogP contribution < -0.4 is 9.50 Å². The second kappa shape index (κ2) is 8.86. The van der Waals surface area contributed by atoms with Gasteiger partial charge in [0.15, 0.2) is 0 Å². The van der Waals surface area contributed by atoms with Gasteiger partial charge in [-0.2, -0.15) is 13.7 Å². The number of hydrogen-bond donors (Lipinski definition) is 1. The van der Waals surface area contributed by atoms with E-state index in [1.807, 2.05) is 13.0 Å². The molecule has 1 aromatic heterocycles. The van der Waals surface area contributed by atoms with Crippen molar-refractivity contribution in [2.45, 2.75) is 18.7 Å². The minimum Gasteiger partial charge on any atom is -0.379 e. The average Bonchev–Trinajstić information content (AvgIpc) is 3.11. The Morgan fingerprint density at radius 1 is 1.17 bits per heavy atom. The van der Waals surface area contributed by atoms with Gasteiger partial charge < -0.3 is 4.18 Å². The molecular formula is C20H16N4O4S2. The van der Waals surface area contributed by atoms with E-state index < -0.39 is 16.0 Å². The van der Waals surface area contributed by atoms with E-state index in [9.17, 15) is 18.5 Å². The molecule has 0 aliphatic heterocycles. The summed E-state index contributed by atoms with van der Waals surface area (Å²) in [4.78, 5) is 12.3. The first-order valence-electron chi connectivity index (χ1n) is 8.61. The van der Waals surface area contributed by atoms with Crippen molar-refractivity contribution >= 4 is 38.6 Å². The summed E-state index contributed by atoms with van der Waals surface area (Å²) in [5.41, 5.74) is 1.17. The third kappa shape index (κ3) is 5.28. The number of nitrogens with zero attached hydrogens (tertiary/aromatic N) is 3. The highest BCUT2D eigenvalue weighted by molar-refractivity contribution is 7.87. The van der Waals surface area contributed by atoms with Crippen LogP contribution in [0.15, 0.2) is 59.0 Å². The molecule has 10 heteroatoms. The van der Waals surface area contributed by atoms with Crippen LogP contribution in [0.5, 0.6) is 5.75 Å². The highest BCUT2D eigenvalue weighted by atomic mass is 32.2. The predicted molar refractivity (Wildman–Crippen MR) is 112 cm³/mol. The molecule has 2 aromatic carbocycles. The van der Waals surface area contributed by atoms with Crippen molar-refractivity contribution in [3.05, 3.63) is 70.2 Å².